The molecule has 0 amide bonds. The van der Waals surface area contributed by atoms with Crippen LogP contribution < -0.4 is 5.32 Å². The molecule has 2 rings (SSSR count). The van der Waals surface area contributed by atoms with Crippen molar-refractivity contribution in [1.82, 2.24) is 5.32 Å². The topological polar surface area (TPSA) is 62.5 Å². The highest BCUT2D eigenvalue weighted by molar-refractivity contribution is 5.84. The Labute approximate surface area is 114 Å². The molecular formula is C14H13F2NO3. The van der Waals surface area contributed by atoms with Crippen LogP contribution in [0.15, 0.2) is 34.7 Å². The van der Waals surface area contributed by atoms with Crippen molar-refractivity contribution >= 4 is 5.97 Å². The zero-order chi connectivity index (χ0) is 14.7. The van der Waals surface area contributed by atoms with Gasteiger partial charge in [-0.2, -0.15) is 0 Å². The van der Waals surface area contributed by atoms with E-state index < -0.39 is 23.6 Å². The summed E-state index contributed by atoms with van der Waals surface area (Å²) in [5, 5.41) is 11.6. The fourth-order valence-electron chi connectivity index (χ4n) is 1.87. The van der Waals surface area contributed by atoms with Gasteiger partial charge in [0.25, 0.3) is 0 Å². The summed E-state index contributed by atoms with van der Waals surface area (Å²) in [6.45, 7) is 1.78. The molecule has 1 unspecified atom stereocenters. The van der Waals surface area contributed by atoms with Crippen LogP contribution in [0.25, 0.3) is 0 Å². The van der Waals surface area contributed by atoms with E-state index >= 15 is 0 Å². The molecule has 1 atom stereocenters. The molecule has 1 heterocycles. The third-order valence-electron chi connectivity index (χ3n) is 2.89. The largest absolute Gasteiger partial charge is 0.475 e. The quantitative estimate of drug-likeness (QED) is 0.884. The van der Waals surface area contributed by atoms with Crippen molar-refractivity contribution in [3.8, 4) is 0 Å². The van der Waals surface area contributed by atoms with Gasteiger partial charge in [-0.05, 0) is 31.2 Å². The van der Waals surface area contributed by atoms with Gasteiger partial charge in [-0.25, -0.2) is 13.6 Å². The highest BCUT2D eigenvalue weighted by Gasteiger charge is 2.16. The fraction of sp³-hybridized carbons (Fsp3) is 0.214. The van der Waals surface area contributed by atoms with Crippen molar-refractivity contribution in [3.05, 3.63) is 59.1 Å². The second-order valence-electron chi connectivity index (χ2n) is 4.31. The van der Waals surface area contributed by atoms with Crippen molar-refractivity contribution in [3.63, 3.8) is 0 Å². The van der Waals surface area contributed by atoms with E-state index in [4.69, 9.17) is 9.52 Å². The van der Waals surface area contributed by atoms with E-state index in [1.807, 2.05) is 0 Å². The smallest absolute Gasteiger partial charge is 0.371 e. The molecule has 6 heteroatoms. The molecule has 0 spiro atoms. The molecule has 1 aromatic heterocycles. The Hall–Kier alpha value is -2.21. The number of hydrogen-bond acceptors (Lipinski definition) is 3. The Morgan fingerprint density at radius 1 is 1.30 bits per heavy atom. The molecule has 20 heavy (non-hydrogen) atoms. The van der Waals surface area contributed by atoms with Gasteiger partial charge in [-0.1, -0.05) is 6.07 Å². The number of furan rings is 1. The van der Waals surface area contributed by atoms with Crippen LogP contribution in [0.4, 0.5) is 8.78 Å². The van der Waals surface area contributed by atoms with E-state index in [9.17, 15) is 13.6 Å². The zero-order valence-electron chi connectivity index (χ0n) is 10.7. The molecule has 0 bridgehead atoms. The van der Waals surface area contributed by atoms with Gasteiger partial charge in [0.2, 0.25) is 5.76 Å². The lowest BCUT2D eigenvalue weighted by Crippen LogP contribution is -2.20. The molecular weight excluding hydrogens is 268 g/mol. The minimum atomic E-state index is -1.16. The first-order chi connectivity index (χ1) is 9.49. The molecule has 0 saturated carbocycles. The second-order valence-corrected chi connectivity index (χ2v) is 4.31. The van der Waals surface area contributed by atoms with E-state index in [-0.39, 0.29) is 17.9 Å². The standard InChI is InChI=1S/C14H13F2NO3/c1-8(13-10(15)3-2-4-11(13)16)17-7-9-5-6-12(20-9)14(18)19/h2-6,8,17H,7H2,1H3,(H,18,19). The number of carbonyl (C=O) groups is 1. The lowest BCUT2D eigenvalue weighted by Gasteiger charge is -2.14. The van der Waals surface area contributed by atoms with Gasteiger partial charge in [0.1, 0.15) is 17.4 Å². The van der Waals surface area contributed by atoms with E-state index in [2.05, 4.69) is 5.32 Å². The molecule has 0 aliphatic heterocycles. The first-order valence-electron chi connectivity index (χ1n) is 5.98. The monoisotopic (exact) mass is 281 g/mol. The summed E-state index contributed by atoms with van der Waals surface area (Å²) >= 11 is 0. The van der Waals surface area contributed by atoms with Crippen molar-refractivity contribution in [1.29, 1.82) is 0 Å². The van der Waals surface area contributed by atoms with Crippen LogP contribution in [0.2, 0.25) is 0 Å². The summed E-state index contributed by atoms with van der Waals surface area (Å²) in [6, 6.07) is 5.92. The van der Waals surface area contributed by atoms with E-state index in [0.29, 0.717) is 5.76 Å². The Morgan fingerprint density at radius 2 is 1.95 bits per heavy atom. The van der Waals surface area contributed by atoms with Crippen LogP contribution in [0.5, 0.6) is 0 Å². The van der Waals surface area contributed by atoms with Crippen molar-refractivity contribution in [2.75, 3.05) is 0 Å². The van der Waals surface area contributed by atoms with Crippen LogP contribution in [0.1, 0.15) is 34.8 Å². The van der Waals surface area contributed by atoms with Gasteiger partial charge in [0, 0.05) is 11.6 Å². The summed E-state index contributed by atoms with van der Waals surface area (Å²) in [5.74, 6) is -2.21. The maximum atomic E-state index is 13.6. The average Bonchev–Trinajstić information content (AvgIpc) is 2.85. The number of nitrogens with one attached hydrogen (secondary N) is 1. The summed E-state index contributed by atoms with van der Waals surface area (Å²) in [6.07, 6.45) is 0. The summed E-state index contributed by atoms with van der Waals surface area (Å²) in [7, 11) is 0. The summed E-state index contributed by atoms with van der Waals surface area (Å²) < 4.78 is 32.2. The number of halogens is 2. The molecule has 0 aliphatic carbocycles. The van der Waals surface area contributed by atoms with Gasteiger partial charge < -0.3 is 14.8 Å². The SMILES string of the molecule is CC(NCc1ccc(C(=O)O)o1)c1c(F)cccc1F. The number of rotatable bonds is 5. The molecule has 0 aliphatic rings. The normalized spacial score (nSPS) is 12.3. The van der Waals surface area contributed by atoms with Gasteiger partial charge >= 0.3 is 5.97 Å². The number of hydrogen-bond donors (Lipinski definition) is 2. The number of carboxylic acid groups (broad SMARTS) is 1. The molecule has 1 aromatic carbocycles. The molecule has 106 valence electrons. The number of benzene rings is 1. The van der Waals surface area contributed by atoms with Crippen LogP contribution in [0, 0.1) is 11.6 Å². The van der Waals surface area contributed by atoms with Gasteiger partial charge in [0.15, 0.2) is 0 Å². The van der Waals surface area contributed by atoms with Crippen molar-refractivity contribution < 1.29 is 23.1 Å². The number of aromatic carboxylic acids is 1. The van der Waals surface area contributed by atoms with E-state index in [1.165, 1.54) is 30.3 Å². The average molecular weight is 281 g/mol. The Bertz CT molecular complexity index is 604. The fourth-order valence-corrected chi connectivity index (χ4v) is 1.87. The summed E-state index contributed by atoms with van der Waals surface area (Å²) in [5.41, 5.74) is -0.0579. The maximum absolute atomic E-state index is 13.6. The number of carboxylic acids is 1. The molecule has 0 saturated heterocycles. The Balaban J connectivity index is 2.04. The summed E-state index contributed by atoms with van der Waals surface area (Å²) in [4.78, 5) is 10.6. The first kappa shape index (κ1) is 14.2. The molecule has 2 aromatic rings. The first-order valence-corrected chi connectivity index (χ1v) is 5.98. The predicted octanol–water partition coefficient (Wildman–Crippen LogP) is 3.11. The van der Waals surface area contributed by atoms with Crippen LogP contribution in [-0.4, -0.2) is 11.1 Å². The third-order valence-corrected chi connectivity index (χ3v) is 2.89. The van der Waals surface area contributed by atoms with Crippen LogP contribution in [0.3, 0.4) is 0 Å². The van der Waals surface area contributed by atoms with E-state index in [1.54, 1.807) is 6.92 Å². The van der Waals surface area contributed by atoms with Crippen LogP contribution >= 0.6 is 0 Å². The second kappa shape index (κ2) is 5.83. The minimum Gasteiger partial charge on any atom is -0.475 e. The minimum absolute atomic E-state index is 0.0579. The van der Waals surface area contributed by atoms with Gasteiger partial charge in [0.05, 0.1) is 6.54 Å². The lowest BCUT2D eigenvalue weighted by atomic mass is 10.1. The highest BCUT2D eigenvalue weighted by Crippen LogP contribution is 2.20. The van der Waals surface area contributed by atoms with Crippen LogP contribution in [-0.2, 0) is 6.54 Å². The maximum Gasteiger partial charge on any atom is 0.371 e. The Kier molecular flexibility index (Phi) is 4.14. The molecule has 2 N–H and O–H groups in total. The highest BCUT2D eigenvalue weighted by atomic mass is 19.1. The predicted molar refractivity (Wildman–Crippen MR) is 67.3 cm³/mol. The Morgan fingerprint density at radius 3 is 2.50 bits per heavy atom. The molecule has 0 radical (unpaired) electrons. The zero-order valence-corrected chi connectivity index (χ0v) is 10.7. The van der Waals surface area contributed by atoms with Crippen molar-refractivity contribution in [2.45, 2.75) is 19.5 Å². The lowest BCUT2D eigenvalue weighted by molar-refractivity contribution is 0.0660. The molecule has 0 fully saturated rings. The van der Waals surface area contributed by atoms with Gasteiger partial charge in [-0.15, -0.1) is 0 Å². The van der Waals surface area contributed by atoms with Gasteiger partial charge in [-0.3, -0.25) is 0 Å². The molecule has 4 nitrogen and oxygen atoms in total. The van der Waals surface area contributed by atoms with E-state index in [0.717, 1.165) is 0 Å². The third kappa shape index (κ3) is 3.03. The van der Waals surface area contributed by atoms with Crippen molar-refractivity contribution in [2.24, 2.45) is 0 Å².